The van der Waals surface area contributed by atoms with Gasteiger partial charge in [-0.25, -0.2) is 4.79 Å². The largest absolute Gasteiger partial charge is 0.478 e. The number of hydrogen-bond acceptors (Lipinski definition) is 4. The first kappa shape index (κ1) is 15.2. The molecule has 2 heterocycles. The lowest BCUT2D eigenvalue weighted by atomic mass is 10.1. The summed E-state index contributed by atoms with van der Waals surface area (Å²) in [7, 11) is 0. The van der Waals surface area contributed by atoms with Crippen molar-refractivity contribution >= 4 is 11.8 Å². The van der Waals surface area contributed by atoms with E-state index in [-0.39, 0.29) is 0 Å². The molecular weight excluding hydrogens is 304 g/mol. The standard InChI is InChI=1S/C18H22N4O2/c23-18(24)15-3-1-13(2-4-15)12-21-7-9-22(10-8-21)17-11-16(19-20-17)14-5-6-14/h1-4,11,14H,5-10,12H2,(H,19,20)(H,23,24). The minimum absolute atomic E-state index is 0.341. The number of anilines is 1. The van der Waals surface area contributed by atoms with Gasteiger partial charge in [0.25, 0.3) is 0 Å². The van der Waals surface area contributed by atoms with Crippen LogP contribution < -0.4 is 4.90 Å². The van der Waals surface area contributed by atoms with Crippen molar-refractivity contribution in [1.29, 1.82) is 0 Å². The van der Waals surface area contributed by atoms with Crippen molar-refractivity contribution in [3.8, 4) is 0 Å². The minimum atomic E-state index is -0.875. The number of carbonyl (C=O) groups is 1. The van der Waals surface area contributed by atoms with Crippen molar-refractivity contribution in [3.63, 3.8) is 0 Å². The number of carboxylic acid groups (broad SMARTS) is 1. The average molecular weight is 326 g/mol. The van der Waals surface area contributed by atoms with Crippen LogP contribution in [-0.4, -0.2) is 52.4 Å². The molecule has 0 bridgehead atoms. The fourth-order valence-corrected chi connectivity index (χ4v) is 3.24. The topological polar surface area (TPSA) is 72.5 Å². The van der Waals surface area contributed by atoms with Crippen LogP contribution in [0.1, 0.15) is 40.4 Å². The Morgan fingerprint density at radius 2 is 1.88 bits per heavy atom. The summed E-state index contributed by atoms with van der Waals surface area (Å²) in [6, 6.07) is 9.38. The highest BCUT2D eigenvalue weighted by atomic mass is 16.4. The highest BCUT2D eigenvalue weighted by Gasteiger charge is 2.27. The van der Waals surface area contributed by atoms with Crippen LogP contribution >= 0.6 is 0 Å². The molecule has 2 fully saturated rings. The zero-order chi connectivity index (χ0) is 16.5. The van der Waals surface area contributed by atoms with E-state index in [0.29, 0.717) is 11.5 Å². The van der Waals surface area contributed by atoms with Crippen LogP contribution in [0.5, 0.6) is 0 Å². The first-order chi connectivity index (χ1) is 11.7. The Morgan fingerprint density at radius 1 is 1.17 bits per heavy atom. The zero-order valence-electron chi connectivity index (χ0n) is 13.6. The Balaban J connectivity index is 1.31. The molecule has 2 aromatic rings. The molecular formula is C18H22N4O2. The number of rotatable bonds is 5. The number of hydrogen-bond donors (Lipinski definition) is 2. The van der Waals surface area contributed by atoms with E-state index in [0.717, 1.165) is 44.1 Å². The molecule has 24 heavy (non-hydrogen) atoms. The summed E-state index contributed by atoms with van der Waals surface area (Å²) in [6.07, 6.45) is 2.58. The maximum atomic E-state index is 10.9. The molecule has 4 rings (SSSR count). The third kappa shape index (κ3) is 3.28. The van der Waals surface area contributed by atoms with Gasteiger partial charge < -0.3 is 10.0 Å². The van der Waals surface area contributed by atoms with E-state index in [9.17, 15) is 4.79 Å². The maximum Gasteiger partial charge on any atom is 0.335 e. The molecule has 0 unspecified atom stereocenters. The average Bonchev–Trinajstić information content (AvgIpc) is 3.33. The summed E-state index contributed by atoms with van der Waals surface area (Å²) in [5.74, 6) is 0.906. The van der Waals surface area contributed by atoms with Crippen LogP contribution in [0.4, 0.5) is 5.82 Å². The van der Waals surface area contributed by atoms with E-state index < -0.39 is 5.97 Å². The molecule has 2 N–H and O–H groups in total. The van der Waals surface area contributed by atoms with Gasteiger partial charge >= 0.3 is 5.97 Å². The quantitative estimate of drug-likeness (QED) is 0.882. The fourth-order valence-electron chi connectivity index (χ4n) is 3.24. The van der Waals surface area contributed by atoms with Crippen molar-refractivity contribution in [2.75, 3.05) is 31.1 Å². The van der Waals surface area contributed by atoms with E-state index in [1.807, 2.05) is 12.1 Å². The van der Waals surface area contributed by atoms with Crippen LogP contribution in [0.2, 0.25) is 0 Å². The monoisotopic (exact) mass is 326 g/mol. The first-order valence-corrected chi connectivity index (χ1v) is 8.54. The maximum absolute atomic E-state index is 10.9. The lowest BCUT2D eigenvalue weighted by Crippen LogP contribution is -2.46. The summed E-state index contributed by atoms with van der Waals surface area (Å²) in [6.45, 7) is 4.80. The van der Waals surface area contributed by atoms with Crippen molar-refractivity contribution in [2.45, 2.75) is 25.3 Å². The third-order valence-corrected chi connectivity index (χ3v) is 4.90. The molecule has 1 saturated heterocycles. The number of H-pyrrole nitrogens is 1. The lowest BCUT2D eigenvalue weighted by molar-refractivity contribution is 0.0697. The second-order valence-corrected chi connectivity index (χ2v) is 6.72. The molecule has 1 saturated carbocycles. The number of benzene rings is 1. The Labute approximate surface area is 141 Å². The summed E-state index contributed by atoms with van der Waals surface area (Å²) >= 11 is 0. The number of aromatic carboxylic acids is 1. The van der Waals surface area contributed by atoms with Crippen molar-refractivity contribution in [1.82, 2.24) is 15.1 Å². The highest BCUT2D eigenvalue weighted by Crippen LogP contribution is 2.39. The molecule has 0 atom stereocenters. The summed E-state index contributed by atoms with van der Waals surface area (Å²) in [4.78, 5) is 15.6. The summed E-state index contributed by atoms with van der Waals surface area (Å²) in [5.41, 5.74) is 2.78. The Morgan fingerprint density at radius 3 is 2.50 bits per heavy atom. The van der Waals surface area contributed by atoms with Crippen molar-refractivity contribution in [3.05, 3.63) is 47.2 Å². The van der Waals surface area contributed by atoms with Gasteiger partial charge in [-0.1, -0.05) is 12.1 Å². The summed E-state index contributed by atoms with van der Waals surface area (Å²) in [5, 5.41) is 16.6. The van der Waals surface area contributed by atoms with Crippen LogP contribution in [0.3, 0.4) is 0 Å². The van der Waals surface area contributed by atoms with E-state index in [1.165, 1.54) is 18.5 Å². The van der Waals surface area contributed by atoms with Gasteiger partial charge in [-0.3, -0.25) is 10.00 Å². The van der Waals surface area contributed by atoms with Crippen LogP contribution in [0, 0.1) is 0 Å². The van der Waals surface area contributed by atoms with E-state index in [2.05, 4.69) is 26.1 Å². The lowest BCUT2D eigenvalue weighted by Gasteiger charge is -2.34. The predicted molar refractivity (Wildman–Crippen MR) is 91.5 cm³/mol. The molecule has 6 heteroatoms. The van der Waals surface area contributed by atoms with Crippen LogP contribution in [0.15, 0.2) is 30.3 Å². The second-order valence-electron chi connectivity index (χ2n) is 6.72. The van der Waals surface area contributed by atoms with Crippen LogP contribution in [0.25, 0.3) is 0 Å². The molecule has 0 radical (unpaired) electrons. The number of nitrogens with zero attached hydrogens (tertiary/aromatic N) is 3. The van der Waals surface area contributed by atoms with Gasteiger partial charge in [0.1, 0.15) is 0 Å². The molecule has 6 nitrogen and oxygen atoms in total. The molecule has 0 spiro atoms. The van der Waals surface area contributed by atoms with Crippen LogP contribution in [-0.2, 0) is 6.54 Å². The smallest absolute Gasteiger partial charge is 0.335 e. The molecule has 1 aliphatic carbocycles. The van der Waals surface area contributed by atoms with Gasteiger partial charge in [0.05, 0.1) is 5.56 Å². The Hall–Kier alpha value is -2.34. The molecule has 126 valence electrons. The van der Waals surface area contributed by atoms with Gasteiger partial charge in [0, 0.05) is 50.4 Å². The molecule has 2 aliphatic rings. The number of carboxylic acids is 1. The second kappa shape index (κ2) is 6.28. The van der Waals surface area contributed by atoms with Gasteiger partial charge in [-0.2, -0.15) is 5.10 Å². The molecule has 1 aliphatic heterocycles. The zero-order valence-corrected chi connectivity index (χ0v) is 13.6. The molecule has 1 aromatic carbocycles. The third-order valence-electron chi connectivity index (χ3n) is 4.90. The number of aromatic amines is 1. The van der Waals surface area contributed by atoms with E-state index in [1.54, 1.807) is 12.1 Å². The number of nitrogens with one attached hydrogen (secondary N) is 1. The SMILES string of the molecule is O=C(O)c1ccc(CN2CCN(c3cc(C4CC4)[nH]n3)CC2)cc1. The van der Waals surface area contributed by atoms with Gasteiger partial charge in [-0.05, 0) is 30.5 Å². The summed E-state index contributed by atoms with van der Waals surface area (Å²) < 4.78 is 0. The Bertz CT molecular complexity index is 713. The van der Waals surface area contributed by atoms with E-state index >= 15 is 0 Å². The number of piperazine rings is 1. The van der Waals surface area contributed by atoms with E-state index in [4.69, 9.17) is 5.11 Å². The van der Waals surface area contributed by atoms with Gasteiger partial charge in [0.15, 0.2) is 5.82 Å². The molecule has 1 aromatic heterocycles. The van der Waals surface area contributed by atoms with Gasteiger partial charge in [0.2, 0.25) is 0 Å². The normalized spacial score (nSPS) is 18.8. The first-order valence-electron chi connectivity index (χ1n) is 8.54. The number of aromatic nitrogens is 2. The van der Waals surface area contributed by atoms with Crippen molar-refractivity contribution < 1.29 is 9.90 Å². The highest BCUT2D eigenvalue weighted by molar-refractivity contribution is 5.87. The Kier molecular flexibility index (Phi) is 3.98. The predicted octanol–water partition coefficient (Wildman–Crippen LogP) is 2.31. The minimum Gasteiger partial charge on any atom is -0.478 e. The fraction of sp³-hybridized carbons (Fsp3) is 0.444. The molecule has 0 amide bonds. The van der Waals surface area contributed by atoms with Gasteiger partial charge in [-0.15, -0.1) is 0 Å². The van der Waals surface area contributed by atoms with Crippen molar-refractivity contribution in [2.24, 2.45) is 0 Å².